The number of sulfonamides is 2. The molecule has 0 fully saturated rings. The number of hydrogen-bond acceptors (Lipinski definition) is 6. The highest BCUT2D eigenvalue weighted by atomic mass is 32.2. The zero-order valence-corrected chi connectivity index (χ0v) is 16.0. The normalized spacial score (nSPS) is 12.0. The molecule has 1 heterocycles. The zero-order chi connectivity index (χ0) is 19.7. The molecule has 1 aromatic heterocycles. The van der Waals surface area contributed by atoms with Gasteiger partial charge in [0.1, 0.15) is 10.5 Å². The van der Waals surface area contributed by atoms with E-state index in [0.717, 1.165) is 0 Å². The van der Waals surface area contributed by atoms with E-state index in [1.54, 1.807) is 13.8 Å². The highest BCUT2D eigenvalue weighted by Gasteiger charge is 2.30. The van der Waals surface area contributed by atoms with Crippen LogP contribution in [0.1, 0.15) is 28.7 Å². The van der Waals surface area contributed by atoms with Crippen LogP contribution in [0, 0.1) is 13.8 Å². The highest BCUT2D eigenvalue weighted by Crippen LogP contribution is 2.27. The Labute approximate surface area is 151 Å². The molecule has 0 aliphatic heterocycles. The molecule has 0 spiro atoms. The van der Waals surface area contributed by atoms with Gasteiger partial charge < -0.3 is 9.72 Å². The number of nitrogens with one attached hydrogen (secondary N) is 2. The molecule has 0 saturated carbocycles. The summed E-state index contributed by atoms with van der Waals surface area (Å²) in [5.41, 5.74) is 0.688. The number of aromatic nitrogens is 1. The number of H-pyrrole nitrogens is 1. The average molecular weight is 401 g/mol. The van der Waals surface area contributed by atoms with Crippen molar-refractivity contribution in [1.82, 2.24) is 4.98 Å². The Bertz CT molecular complexity index is 1040. The van der Waals surface area contributed by atoms with Crippen molar-refractivity contribution in [2.75, 3.05) is 11.3 Å². The van der Waals surface area contributed by atoms with Gasteiger partial charge in [0.05, 0.1) is 11.5 Å². The van der Waals surface area contributed by atoms with Crippen molar-refractivity contribution >= 4 is 31.7 Å². The molecule has 0 atom stereocenters. The van der Waals surface area contributed by atoms with E-state index in [1.165, 1.54) is 31.2 Å². The Morgan fingerprint density at radius 2 is 1.69 bits per heavy atom. The van der Waals surface area contributed by atoms with Crippen LogP contribution in [-0.2, 0) is 24.8 Å². The molecule has 0 unspecified atom stereocenters. The van der Waals surface area contributed by atoms with Crippen molar-refractivity contribution < 1.29 is 26.4 Å². The van der Waals surface area contributed by atoms with Crippen molar-refractivity contribution in [3.05, 3.63) is 41.2 Å². The van der Waals surface area contributed by atoms with E-state index in [4.69, 9.17) is 9.88 Å². The third kappa shape index (κ3) is 4.06. The van der Waals surface area contributed by atoms with Gasteiger partial charge in [0.15, 0.2) is 0 Å². The summed E-state index contributed by atoms with van der Waals surface area (Å²) in [5.74, 6) is -0.751. The zero-order valence-electron chi connectivity index (χ0n) is 14.4. The van der Waals surface area contributed by atoms with E-state index in [9.17, 15) is 21.6 Å². The van der Waals surface area contributed by atoms with Crippen LogP contribution >= 0.6 is 0 Å². The monoisotopic (exact) mass is 401 g/mol. The lowest BCUT2D eigenvalue weighted by molar-refractivity contribution is 0.0521. The van der Waals surface area contributed by atoms with Gasteiger partial charge in [-0.1, -0.05) is 0 Å². The maximum absolute atomic E-state index is 12.8. The van der Waals surface area contributed by atoms with Crippen molar-refractivity contribution in [3.8, 4) is 0 Å². The molecule has 26 heavy (non-hydrogen) atoms. The smallest absolute Gasteiger partial charge is 0.341 e. The summed E-state index contributed by atoms with van der Waals surface area (Å²) >= 11 is 0. The Balaban J connectivity index is 2.44. The number of hydrogen-bond donors (Lipinski definition) is 3. The fraction of sp³-hybridized carbons (Fsp3) is 0.267. The number of carbonyl (C=O) groups excluding carboxylic acids is 1. The van der Waals surface area contributed by atoms with Crippen molar-refractivity contribution in [3.63, 3.8) is 0 Å². The molecule has 0 amide bonds. The number of ether oxygens (including phenoxy) is 1. The van der Waals surface area contributed by atoms with Gasteiger partial charge in [-0.15, -0.1) is 0 Å². The summed E-state index contributed by atoms with van der Waals surface area (Å²) < 4.78 is 55.3. The number of benzene rings is 1. The van der Waals surface area contributed by atoms with Gasteiger partial charge in [-0.3, -0.25) is 4.72 Å². The average Bonchev–Trinajstić information content (AvgIpc) is 2.82. The second-order valence-corrected chi connectivity index (χ2v) is 8.66. The molecule has 9 nitrogen and oxygen atoms in total. The topological polar surface area (TPSA) is 148 Å². The van der Waals surface area contributed by atoms with Gasteiger partial charge in [0.25, 0.3) is 10.0 Å². The van der Waals surface area contributed by atoms with Crippen LogP contribution < -0.4 is 9.86 Å². The minimum atomic E-state index is -4.13. The minimum Gasteiger partial charge on any atom is -0.462 e. The number of primary sulfonamides is 1. The van der Waals surface area contributed by atoms with E-state index < -0.39 is 26.0 Å². The van der Waals surface area contributed by atoms with Crippen LogP contribution in [0.4, 0.5) is 5.69 Å². The van der Waals surface area contributed by atoms with Gasteiger partial charge in [-0.2, -0.15) is 0 Å². The molecular formula is C15H19N3O6S2. The van der Waals surface area contributed by atoms with E-state index in [0.29, 0.717) is 5.69 Å². The van der Waals surface area contributed by atoms with E-state index in [1.807, 2.05) is 0 Å². The fourth-order valence-electron chi connectivity index (χ4n) is 2.46. The molecule has 11 heteroatoms. The molecule has 0 bridgehead atoms. The number of aromatic amines is 1. The van der Waals surface area contributed by atoms with Crippen LogP contribution in [0.15, 0.2) is 34.1 Å². The van der Waals surface area contributed by atoms with Crippen LogP contribution in [-0.4, -0.2) is 34.4 Å². The number of aryl methyl sites for hydroxylation is 2. The summed E-state index contributed by atoms with van der Waals surface area (Å²) in [6.45, 7) is 4.81. The Morgan fingerprint density at radius 1 is 1.12 bits per heavy atom. The first-order chi connectivity index (χ1) is 12.0. The molecule has 0 aliphatic rings. The van der Waals surface area contributed by atoms with Crippen molar-refractivity contribution in [1.29, 1.82) is 0 Å². The maximum Gasteiger partial charge on any atom is 0.341 e. The molecule has 0 saturated heterocycles. The van der Waals surface area contributed by atoms with E-state index >= 15 is 0 Å². The number of anilines is 1. The molecule has 4 N–H and O–H groups in total. The SMILES string of the molecule is CCOC(=O)c1c(C)[nH]c(C)c1S(=O)(=O)Nc1ccc(S(N)(=O)=O)cc1. The number of nitrogens with two attached hydrogens (primary N) is 1. The van der Waals surface area contributed by atoms with Crippen LogP contribution in [0.5, 0.6) is 0 Å². The van der Waals surface area contributed by atoms with Crippen molar-refractivity contribution in [2.45, 2.75) is 30.6 Å². The predicted octanol–water partition coefficient (Wildman–Crippen LogP) is 1.26. The van der Waals surface area contributed by atoms with Crippen LogP contribution in [0.2, 0.25) is 0 Å². The molecule has 0 aliphatic carbocycles. The third-order valence-electron chi connectivity index (χ3n) is 3.50. The Hall–Kier alpha value is -2.37. The molecule has 1 aromatic carbocycles. The lowest BCUT2D eigenvalue weighted by Gasteiger charge is -2.10. The first-order valence-electron chi connectivity index (χ1n) is 7.49. The summed E-state index contributed by atoms with van der Waals surface area (Å²) in [5, 5.41) is 5.01. The first-order valence-corrected chi connectivity index (χ1v) is 10.5. The van der Waals surface area contributed by atoms with Crippen LogP contribution in [0.3, 0.4) is 0 Å². The highest BCUT2D eigenvalue weighted by molar-refractivity contribution is 7.92. The van der Waals surface area contributed by atoms with Crippen LogP contribution in [0.25, 0.3) is 0 Å². The molecule has 2 aromatic rings. The number of carbonyl (C=O) groups is 1. The fourth-order valence-corrected chi connectivity index (χ4v) is 4.49. The summed E-state index contributed by atoms with van der Waals surface area (Å²) in [7, 11) is -8.01. The second kappa shape index (κ2) is 7.09. The van der Waals surface area contributed by atoms with Crippen molar-refractivity contribution in [2.24, 2.45) is 5.14 Å². The van der Waals surface area contributed by atoms with Gasteiger partial charge >= 0.3 is 5.97 Å². The largest absolute Gasteiger partial charge is 0.462 e. The van der Waals surface area contributed by atoms with Gasteiger partial charge in [-0.05, 0) is 45.0 Å². The lowest BCUT2D eigenvalue weighted by Crippen LogP contribution is -2.18. The minimum absolute atomic E-state index is 0.0713. The third-order valence-corrected chi connectivity index (χ3v) is 5.98. The lowest BCUT2D eigenvalue weighted by atomic mass is 10.2. The Kier molecular flexibility index (Phi) is 5.44. The molecule has 0 radical (unpaired) electrons. The van der Waals surface area contributed by atoms with Gasteiger partial charge in [-0.25, -0.2) is 26.8 Å². The first kappa shape index (κ1) is 19.9. The maximum atomic E-state index is 12.8. The summed E-state index contributed by atoms with van der Waals surface area (Å²) in [6.07, 6.45) is 0. The quantitative estimate of drug-likeness (QED) is 0.620. The number of esters is 1. The predicted molar refractivity (Wildman–Crippen MR) is 94.8 cm³/mol. The van der Waals surface area contributed by atoms with Gasteiger partial charge in [0, 0.05) is 17.1 Å². The van der Waals surface area contributed by atoms with Gasteiger partial charge in [0.2, 0.25) is 10.0 Å². The Morgan fingerprint density at radius 3 is 2.19 bits per heavy atom. The van der Waals surface area contributed by atoms with E-state index in [2.05, 4.69) is 9.71 Å². The number of rotatable bonds is 6. The summed E-state index contributed by atoms with van der Waals surface area (Å²) in [4.78, 5) is 14.6. The molecule has 2 rings (SSSR count). The molecule has 142 valence electrons. The summed E-state index contributed by atoms with van der Waals surface area (Å²) in [6, 6.07) is 4.87. The second-order valence-electron chi connectivity index (χ2n) is 5.47. The van der Waals surface area contributed by atoms with E-state index in [-0.39, 0.29) is 33.3 Å². The standard InChI is InChI=1S/C15H19N3O6S2/c1-4-24-15(19)13-9(2)17-10(3)14(13)26(22,23)18-11-5-7-12(8-6-11)25(16,20)21/h5-8,17-18H,4H2,1-3H3,(H2,16,20,21). The molecular weight excluding hydrogens is 382 g/mol.